The van der Waals surface area contributed by atoms with Crippen LogP contribution in [0.3, 0.4) is 0 Å². The van der Waals surface area contributed by atoms with Crippen molar-refractivity contribution in [3.8, 4) is 0 Å². The Morgan fingerprint density at radius 3 is 2.39 bits per heavy atom. The molecule has 0 saturated heterocycles. The first kappa shape index (κ1) is 12.7. The Balaban J connectivity index is 2.24. The van der Waals surface area contributed by atoms with Crippen LogP contribution in [0, 0.1) is 11.6 Å². The summed E-state index contributed by atoms with van der Waals surface area (Å²) in [5.74, 6) is 3.83. The van der Waals surface area contributed by atoms with Crippen LogP contribution in [0.25, 0.3) is 0 Å². The number of rotatable bonds is 4. The SMILES string of the molecule is NNC(Cc1cccc(F)c1F)c1ccccc1. The zero-order chi connectivity index (χ0) is 13.0. The van der Waals surface area contributed by atoms with E-state index in [2.05, 4.69) is 5.43 Å². The maximum absolute atomic E-state index is 13.6. The molecule has 3 N–H and O–H groups in total. The maximum Gasteiger partial charge on any atom is 0.162 e. The van der Waals surface area contributed by atoms with E-state index in [0.29, 0.717) is 12.0 Å². The predicted molar refractivity (Wildman–Crippen MR) is 66.6 cm³/mol. The van der Waals surface area contributed by atoms with Crippen molar-refractivity contribution >= 4 is 0 Å². The van der Waals surface area contributed by atoms with Crippen molar-refractivity contribution in [2.24, 2.45) is 5.84 Å². The highest BCUT2D eigenvalue weighted by molar-refractivity contribution is 5.25. The van der Waals surface area contributed by atoms with Gasteiger partial charge in [-0.3, -0.25) is 11.3 Å². The first-order valence-electron chi connectivity index (χ1n) is 5.66. The van der Waals surface area contributed by atoms with Gasteiger partial charge in [0.05, 0.1) is 6.04 Å². The summed E-state index contributed by atoms with van der Waals surface area (Å²) in [5.41, 5.74) is 3.87. The van der Waals surface area contributed by atoms with Crippen LogP contribution >= 0.6 is 0 Å². The second-order valence-electron chi connectivity index (χ2n) is 4.05. The molecular weight excluding hydrogens is 234 g/mol. The molecule has 94 valence electrons. The Labute approximate surface area is 104 Å². The summed E-state index contributed by atoms with van der Waals surface area (Å²) in [7, 11) is 0. The Hall–Kier alpha value is -1.78. The molecule has 0 aromatic heterocycles. The van der Waals surface area contributed by atoms with Crippen molar-refractivity contribution < 1.29 is 8.78 Å². The molecule has 2 aromatic rings. The zero-order valence-electron chi connectivity index (χ0n) is 9.74. The minimum atomic E-state index is -0.837. The molecule has 18 heavy (non-hydrogen) atoms. The first-order valence-corrected chi connectivity index (χ1v) is 5.66. The quantitative estimate of drug-likeness (QED) is 0.645. The van der Waals surface area contributed by atoms with Gasteiger partial charge in [-0.25, -0.2) is 8.78 Å². The third kappa shape index (κ3) is 2.72. The van der Waals surface area contributed by atoms with E-state index in [1.165, 1.54) is 6.07 Å². The lowest BCUT2D eigenvalue weighted by Crippen LogP contribution is -2.29. The van der Waals surface area contributed by atoms with E-state index < -0.39 is 11.6 Å². The highest BCUT2D eigenvalue weighted by atomic mass is 19.2. The lowest BCUT2D eigenvalue weighted by atomic mass is 9.99. The second kappa shape index (κ2) is 5.71. The fraction of sp³-hybridized carbons (Fsp3) is 0.143. The van der Waals surface area contributed by atoms with E-state index >= 15 is 0 Å². The van der Waals surface area contributed by atoms with Crippen molar-refractivity contribution in [3.63, 3.8) is 0 Å². The molecule has 0 aliphatic heterocycles. The number of hydrogen-bond acceptors (Lipinski definition) is 2. The Kier molecular flexibility index (Phi) is 4.02. The fourth-order valence-electron chi connectivity index (χ4n) is 1.88. The van der Waals surface area contributed by atoms with Crippen LogP contribution in [0.5, 0.6) is 0 Å². The molecule has 0 aliphatic rings. The van der Waals surface area contributed by atoms with E-state index in [9.17, 15) is 8.78 Å². The van der Waals surface area contributed by atoms with Crippen LogP contribution in [-0.2, 0) is 6.42 Å². The largest absolute Gasteiger partial charge is 0.271 e. The van der Waals surface area contributed by atoms with Crippen molar-refractivity contribution in [3.05, 3.63) is 71.3 Å². The summed E-state index contributed by atoms with van der Waals surface area (Å²) in [6.45, 7) is 0. The van der Waals surface area contributed by atoms with Gasteiger partial charge in [-0.05, 0) is 23.6 Å². The van der Waals surface area contributed by atoms with E-state index in [1.807, 2.05) is 30.3 Å². The van der Waals surface area contributed by atoms with Crippen LogP contribution in [0.1, 0.15) is 17.2 Å². The van der Waals surface area contributed by atoms with Gasteiger partial charge >= 0.3 is 0 Å². The molecule has 0 amide bonds. The molecule has 0 fully saturated rings. The summed E-state index contributed by atoms with van der Waals surface area (Å²) >= 11 is 0. The van der Waals surface area contributed by atoms with Crippen molar-refractivity contribution in [1.82, 2.24) is 5.43 Å². The van der Waals surface area contributed by atoms with Gasteiger partial charge in [0.25, 0.3) is 0 Å². The standard InChI is InChI=1S/C14H14F2N2/c15-12-8-4-7-11(14(12)16)9-13(18-17)10-5-2-1-3-6-10/h1-8,13,18H,9,17H2. The van der Waals surface area contributed by atoms with Gasteiger partial charge in [0, 0.05) is 0 Å². The highest BCUT2D eigenvalue weighted by Crippen LogP contribution is 2.20. The smallest absolute Gasteiger partial charge is 0.162 e. The third-order valence-corrected chi connectivity index (χ3v) is 2.86. The second-order valence-corrected chi connectivity index (χ2v) is 4.05. The minimum Gasteiger partial charge on any atom is -0.271 e. The Morgan fingerprint density at radius 1 is 1.00 bits per heavy atom. The summed E-state index contributed by atoms with van der Waals surface area (Å²) in [5, 5.41) is 0. The number of nitrogens with two attached hydrogens (primary N) is 1. The van der Waals surface area contributed by atoms with Crippen LogP contribution in [0.4, 0.5) is 8.78 Å². The maximum atomic E-state index is 13.6. The molecule has 0 spiro atoms. The molecule has 0 radical (unpaired) electrons. The molecule has 1 atom stereocenters. The van der Waals surface area contributed by atoms with Gasteiger partial charge in [-0.15, -0.1) is 0 Å². The number of benzene rings is 2. The van der Waals surface area contributed by atoms with E-state index in [-0.39, 0.29) is 6.04 Å². The molecule has 0 saturated carbocycles. The molecule has 1 unspecified atom stereocenters. The van der Waals surface area contributed by atoms with Crippen molar-refractivity contribution in [1.29, 1.82) is 0 Å². The molecule has 0 aliphatic carbocycles. The lowest BCUT2D eigenvalue weighted by molar-refractivity contribution is 0.481. The summed E-state index contributed by atoms with van der Waals surface area (Å²) in [6.07, 6.45) is 0.296. The molecular formula is C14H14F2N2. The molecule has 0 heterocycles. The van der Waals surface area contributed by atoms with Gasteiger partial charge in [0.15, 0.2) is 11.6 Å². The van der Waals surface area contributed by atoms with E-state index in [4.69, 9.17) is 5.84 Å². The molecule has 2 rings (SSSR count). The van der Waals surface area contributed by atoms with Gasteiger partial charge in [-0.2, -0.15) is 0 Å². The van der Waals surface area contributed by atoms with Gasteiger partial charge < -0.3 is 0 Å². The zero-order valence-corrected chi connectivity index (χ0v) is 9.74. The summed E-state index contributed by atoms with van der Waals surface area (Å²) < 4.78 is 26.7. The first-order chi connectivity index (χ1) is 8.72. The van der Waals surface area contributed by atoms with E-state index in [0.717, 1.165) is 11.6 Å². The van der Waals surface area contributed by atoms with Crippen LogP contribution in [0.2, 0.25) is 0 Å². The molecule has 2 nitrogen and oxygen atoms in total. The van der Waals surface area contributed by atoms with Crippen LogP contribution in [-0.4, -0.2) is 0 Å². The topological polar surface area (TPSA) is 38.0 Å². The minimum absolute atomic E-state index is 0.248. The lowest BCUT2D eigenvalue weighted by Gasteiger charge is -2.16. The van der Waals surface area contributed by atoms with Crippen molar-refractivity contribution in [2.45, 2.75) is 12.5 Å². The highest BCUT2D eigenvalue weighted by Gasteiger charge is 2.14. The number of hydrazine groups is 1. The van der Waals surface area contributed by atoms with Gasteiger partial charge in [0.1, 0.15) is 0 Å². The predicted octanol–water partition coefficient (Wildman–Crippen LogP) is 2.71. The Morgan fingerprint density at radius 2 is 1.72 bits per heavy atom. The van der Waals surface area contributed by atoms with Gasteiger partial charge in [0.2, 0.25) is 0 Å². The van der Waals surface area contributed by atoms with Crippen LogP contribution in [0.15, 0.2) is 48.5 Å². The molecule has 4 heteroatoms. The average Bonchev–Trinajstić information content (AvgIpc) is 2.41. The number of hydrogen-bond donors (Lipinski definition) is 2. The molecule has 2 aromatic carbocycles. The third-order valence-electron chi connectivity index (χ3n) is 2.86. The van der Waals surface area contributed by atoms with Crippen molar-refractivity contribution in [2.75, 3.05) is 0 Å². The Bertz CT molecular complexity index is 514. The molecule has 0 bridgehead atoms. The summed E-state index contributed by atoms with van der Waals surface area (Å²) in [6, 6.07) is 13.3. The number of halogens is 2. The summed E-state index contributed by atoms with van der Waals surface area (Å²) in [4.78, 5) is 0. The van der Waals surface area contributed by atoms with Gasteiger partial charge in [-0.1, -0.05) is 42.5 Å². The fourth-order valence-corrected chi connectivity index (χ4v) is 1.88. The average molecular weight is 248 g/mol. The van der Waals surface area contributed by atoms with E-state index in [1.54, 1.807) is 6.07 Å². The monoisotopic (exact) mass is 248 g/mol. The number of nitrogens with one attached hydrogen (secondary N) is 1. The van der Waals surface area contributed by atoms with Crippen LogP contribution < -0.4 is 11.3 Å². The normalized spacial score (nSPS) is 12.4.